The van der Waals surface area contributed by atoms with E-state index in [2.05, 4.69) is 5.10 Å². The number of amides is 1. The molecule has 5 heteroatoms. The zero-order valence-electron chi connectivity index (χ0n) is 6.76. The van der Waals surface area contributed by atoms with Gasteiger partial charge in [-0.1, -0.05) is 0 Å². The van der Waals surface area contributed by atoms with E-state index in [1.165, 1.54) is 0 Å². The monoisotopic (exact) mass is 176 g/mol. The Morgan fingerprint density at radius 3 is 2.83 bits per heavy atom. The van der Waals surface area contributed by atoms with Crippen LogP contribution in [0, 0.1) is 0 Å². The van der Waals surface area contributed by atoms with Gasteiger partial charge >= 0.3 is 0 Å². The van der Waals surface area contributed by atoms with Gasteiger partial charge in [-0.3, -0.25) is 4.79 Å². The lowest BCUT2D eigenvalue weighted by molar-refractivity contribution is -0.133. The van der Waals surface area contributed by atoms with Crippen LogP contribution in [0.3, 0.4) is 0 Å². The van der Waals surface area contributed by atoms with Crippen LogP contribution in [0.15, 0.2) is 5.10 Å². The second-order valence-electron chi connectivity index (χ2n) is 2.70. The van der Waals surface area contributed by atoms with E-state index in [-0.39, 0.29) is 5.91 Å². The Labute approximate surface area is 69.0 Å². The van der Waals surface area contributed by atoms with Crippen molar-refractivity contribution in [2.75, 3.05) is 6.54 Å². The molecule has 0 bridgehead atoms. The number of nitrogens with zero attached hydrogens (tertiary/aromatic N) is 2. The predicted octanol–water partition coefficient (Wildman–Crippen LogP) is 1.25. The zero-order chi connectivity index (χ0) is 9.14. The minimum atomic E-state index is -2.51. The normalized spacial score (nSPS) is 18.5. The van der Waals surface area contributed by atoms with Gasteiger partial charge in [0.1, 0.15) is 6.54 Å². The highest BCUT2D eigenvalue weighted by Gasteiger charge is 2.21. The summed E-state index contributed by atoms with van der Waals surface area (Å²) in [6.45, 7) is 1.14. The largest absolute Gasteiger partial charge is 0.273 e. The Hall–Kier alpha value is -1.00. The highest BCUT2D eigenvalue weighted by Crippen LogP contribution is 2.10. The average molecular weight is 176 g/mol. The fraction of sp³-hybridized carbons (Fsp3) is 0.714. The second-order valence-corrected chi connectivity index (χ2v) is 2.70. The van der Waals surface area contributed by atoms with Crippen LogP contribution in [0.2, 0.25) is 0 Å². The first kappa shape index (κ1) is 9.09. The van der Waals surface area contributed by atoms with Crippen LogP contribution in [0.25, 0.3) is 0 Å². The van der Waals surface area contributed by atoms with Gasteiger partial charge in [-0.05, 0) is 13.3 Å². The smallest absolute Gasteiger partial charge is 0.258 e. The molecule has 0 radical (unpaired) electrons. The van der Waals surface area contributed by atoms with E-state index in [1.807, 2.05) is 0 Å². The van der Waals surface area contributed by atoms with Crippen LogP contribution in [0.1, 0.15) is 19.8 Å². The molecule has 1 aliphatic rings. The predicted molar refractivity (Wildman–Crippen MR) is 40.1 cm³/mol. The SMILES string of the molecule is CC1=NN(CC(F)F)C(=O)CC1. The standard InChI is InChI=1S/C7H10F2N2O/c1-5-2-3-7(12)11(10-5)4-6(8)9/h6H,2-4H2,1H3. The van der Waals surface area contributed by atoms with Gasteiger partial charge in [-0.2, -0.15) is 5.10 Å². The average Bonchev–Trinajstić information content (AvgIpc) is 1.96. The maximum absolute atomic E-state index is 11.9. The molecule has 0 aromatic heterocycles. The lowest BCUT2D eigenvalue weighted by Crippen LogP contribution is -2.34. The molecular formula is C7H10F2N2O. The summed E-state index contributed by atoms with van der Waals surface area (Å²) in [5.41, 5.74) is 0.732. The van der Waals surface area contributed by atoms with Gasteiger partial charge in [0.25, 0.3) is 6.43 Å². The number of alkyl halides is 2. The number of hydrogen-bond acceptors (Lipinski definition) is 2. The van der Waals surface area contributed by atoms with Crippen LogP contribution in [0.5, 0.6) is 0 Å². The molecule has 0 spiro atoms. The van der Waals surface area contributed by atoms with E-state index in [4.69, 9.17) is 0 Å². The van der Waals surface area contributed by atoms with Crippen molar-refractivity contribution in [3.8, 4) is 0 Å². The molecule has 0 saturated heterocycles. The van der Waals surface area contributed by atoms with Crippen molar-refractivity contribution >= 4 is 11.6 Å². The first-order valence-electron chi connectivity index (χ1n) is 3.72. The van der Waals surface area contributed by atoms with Crippen molar-refractivity contribution in [3.05, 3.63) is 0 Å². The molecule has 1 amide bonds. The van der Waals surface area contributed by atoms with Crippen LogP contribution in [0.4, 0.5) is 8.78 Å². The summed E-state index contributed by atoms with van der Waals surface area (Å²) in [4.78, 5) is 11.0. The third-order valence-corrected chi connectivity index (χ3v) is 1.59. The van der Waals surface area contributed by atoms with E-state index in [0.29, 0.717) is 12.8 Å². The van der Waals surface area contributed by atoms with Crippen molar-refractivity contribution in [1.29, 1.82) is 0 Å². The number of rotatable bonds is 2. The minimum Gasteiger partial charge on any atom is -0.273 e. The van der Waals surface area contributed by atoms with Crippen LogP contribution in [-0.4, -0.2) is 29.6 Å². The molecule has 0 aliphatic carbocycles. The van der Waals surface area contributed by atoms with Crippen LogP contribution < -0.4 is 0 Å². The third-order valence-electron chi connectivity index (χ3n) is 1.59. The Balaban J connectivity index is 2.60. The van der Waals surface area contributed by atoms with Gasteiger partial charge in [-0.15, -0.1) is 0 Å². The molecule has 0 saturated carbocycles. The molecule has 68 valence electrons. The van der Waals surface area contributed by atoms with Crippen molar-refractivity contribution in [3.63, 3.8) is 0 Å². The molecule has 0 atom stereocenters. The summed E-state index contributed by atoms with van der Waals surface area (Å²) in [6.07, 6.45) is -1.63. The maximum Gasteiger partial charge on any atom is 0.258 e. The maximum atomic E-state index is 11.9. The Morgan fingerprint density at radius 2 is 2.25 bits per heavy atom. The van der Waals surface area contributed by atoms with E-state index < -0.39 is 13.0 Å². The minimum absolute atomic E-state index is 0.294. The second kappa shape index (κ2) is 3.60. The first-order chi connectivity index (χ1) is 5.59. The molecule has 12 heavy (non-hydrogen) atoms. The fourth-order valence-corrected chi connectivity index (χ4v) is 1.00. The number of halogens is 2. The molecule has 1 aliphatic heterocycles. The number of carbonyl (C=O) groups excluding carboxylic acids is 1. The summed E-state index contributed by atoms with van der Waals surface area (Å²) in [5, 5.41) is 4.57. The van der Waals surface area contributed by atoms with E-state index >= 15 is 0 Å². The Morgan fingerprint density at radius 1 is 1.58 bits per heavy atom. The fourth-order valence-electron chi connectivity index (χ4n) is 1.00. The molecule has 0 aromatic carbocycles. The van der Waals surface area contributed by atoms with E-state index in [9.17, 15) is 13.6 Å². The number of carbonyl (C=O) groups is 1. The van der Waals surface area contributed by atoms with Gasteiger partial charge in [0.05, 0.1) is 0 Å². The molecule has 0 N–H and O–H groups in total. The molecule has 3 nitrogen and oxygen atoms in total. The topological polar surface area (TPSA) is 32.7 Å². The van der Waals surface area contributed by atoms with Crippen LogP contribution >= 0.6 is 0 Å². The van der Waals surface area contributed by atoms with Gasteiger partial charge in [0.15, 0.2) is 0 Å². The van der Waals surface area contributed by atoms with Crippen molar-refractivity contribution in [1.82, 2.24) is 5.01 Å². The molecule has 1 heterocycles. The van der Waals surface area contributed by atoms with Gasteiger partial charge < -0.3 is 0 Å². The molecule has 0 unspecified atom stereocenters. The lowest BCUT2D eigenvalue weighted by Gasteiger charge is -2.21. The van der Waals surface area contributed by atoms with Gasteiger partial charge in [0, 0.05) is 12.1 Å². The number of hydrogen-bond donors (Lipinski definition) is 0. The quantitative estimate of drug-likeness (QED) is 0.623. The summed E-state index contributed by atoms with van der Waals surface area (Å²) in [7, 11) is 0. The summed E-state index contributed by atoms with van der Waals surface area (Å²) < 4.78 is 23.7. The highest BCUT2D eigenvalue weighted by molar-refractivity contribution is 5.91. The lowest BCUT2D eigenvalue weighted by atomic mass is 10.2. The molecule has 0 aromatic rings. The zero-order valence-corrected chi connectivity index (χ0v) is 6.76. The Kier molecular flexibility index (Phi) is 2.73. The molecular weight excluding hydrogens is 166 g/mol. The van der Waals surface area contributed by atoms with Crippen molar-refractivity contribution in [2.45, 2.75) is 26.2 Å². The third kappa shape index (κ3) is 2.25. The van der Waals surface area contributed by atoms with Gasteiger partial charge in [0.2, 0.25) is 5.91 Å². The summed E-state index contributed by atoms with van der Waals surface area (Å²) in [5.74, 6) is -0.319. The highest BCUT2D eigenvalue weighted by atomic mass is 19.3. The van der Waals surface area contributed by atoms with E-state index in [1.54, 1.807) is 6.92 Å². The van der Waals surface area contributed by atoms with Gasteiger partial charge in [-0.25, -0.2) is 13.8 Å². The number of hydrazone groups is 1. The molecule has 0 fully saturated rings. The van der Waals surface area contributed by atoms with Crippen molar-refractivity contribution < 1.29 is 13.6 Å². The Bertz CT molecular complexity index is 215. The molecule has 1 rings (SSSR count). The first-order valence-corrected chi connectivity index (χ1v) is 3.72. The summed E-state index contributed by atoms with van der Waals surface area (Å²) >= 11 is 0. The van der Waals surface area contributed by atoms with Crippen molar-refractivity contribution in [2.24, 2.45) is 5.10 Å². The van der Waals surface area contributed by atoms with E-state index in [0.717, 1.165) is 10.7 Å². The summed E-state index contributed by atoms with van der Waals surface area (Å²) in [6, 6.07) is 0. The van der Waals surface area contributed by atoms with Crippen LogP contribution in [-0.2, 0) is 4.79 Å².